The Morgan fingerprint density at radius 2 is 1.88 bits per heavy atom. The van der Waals surface area contributed by atoms with Crippen LogP contribution in [-0.2, 0) is 4.79 Å². The highest BCUT2D eigenvalue weighted by molar-refractivity contribution is 7.99. The number of carbonyl (C=O) groups is 1. The van der Waals surface area contributed by atoms with E-state index in [-0.39, 0.29) is 11.7 Å². The van der Waals surface area contributed by atoms with Crippen LogP contribution in [0.25, 0.3) is 11.0 Å². The third kappa shape index (κ3) is 3.41. The van der Waals surface area contributed by atoms with E-state index < -0.39 is 11.6 Å². The largest absolute Gasteiger partial charge is 0.333 e. The first-order valence-electron chi connectivity index (χ1n) is 7.27. The first-order chi connectivity index (χ1) is 11.4. The van der Waals surface area contributed by atoms with E-state index in [0.29, 0.717) is 16.2 Å². The molecule has 0 unspecified atom stereocenters. The van der Waals surface area contributed by atoms with E-state index in [1.165, 1.54) is 11.8 Å². The van der Waals surface area contributed by atoms with Crippen LogP contribution in [0.1, 0.15) is 11.1 Å². The Hall–Kier alpha value is -2.41. The van der Waals surface area contributed by atoms with Gasteiger partial charge in [0.2, 0.25) is 5.91 Å². The zero-order valence-electron chi connectivity index (χ0n) is 13.1. The van der Waals surface area contributed by atoms with Crippen LogP contribution in [0.15, 0.2) is 35.5 Å². The van der Waals surface area contributed by atoms with Crippen molar-refractivity contribution in [2.24, 2.45) is 0 Å². The zero-order chi connectivity index (χ0) is 17.3. The number of anilines is 1. The first-order valence-corrected chi connectivity index (χ1v) is 8.26. The summed E-state index contributed by atoms with van der Waals surface area (Å²) < 4.78 is 26.4. The number of imidazole rings is 1. The molecular weight excluding hydrogens is 332 g/mol. The van der Waals surface area contributed by atoms with E-state index in [2.05, 4.69) is 15.3 Å². The average Bonchev–Trinajstić information content (AvgIpc) is 2.91. The summed E-state index contributed by atoms with van der Waals surface area (Å²) in [6.07, 6.45) is 0. The Bertz CT molecular complexity index is 864. The number of benzene rings is 2. The summed E-state index contributed by atoms with van der Waals surface area (Å²) in [4.78, 5) is 19.1. The third-order valence-electron chi connectivity index (χ3n) is 3.59. The molecule has 1 heterocycles. The molecule has 2 N–H and O–H groups in total. The molecule has 7 heteroatoms. The molecular formula is C17H15F2N3OS. The maximum absolute atomic E-state index is 13.2. The number of aromatic nitrogens is 2. The quantitative estimate of drug-likeness (QED) is 0.696. The predicted octanol–water partition coefficient (Wildman–Crippen LogP) is 4.19. The Balaban J connectivity index is 1.68. The highest BCUT2D eigenvalue weighted by Gasteiger charge is 2.12. The number of para-hydroxylation sites is 1. The molecule has 0 saturated heterocycles. The topological polar surface area (TPSA) is 57.8 Å². The van der Waals surface area contributed by atoms with Crippen LogP contribution in [0.2, 0.25) is 0 Å². The second kappa shape index (κ2) is 6.60. The van der Waals surface area contributed by atoms with Gasteiger partial charge in [-0.25, -0.2) is 13.8 Å². The number of hydrogen-bond donors (Lipinski definition) is 2. The molecule has 1 aromatic heterocycles. The maximum atomic E-state index is 13.2. The second-order valence-electron chi connectivity index (χ2n) is 5.43. The number of nitrogens with zero attached hydrogens (tertiary/aromatic N) is 1. The number of aromatic amines is 1. The molecule has 0 spiro atoms. The Labute approximate surface area is 141 Å². The van der Waals surface area contributed by atoms with Gasteiger partial charge in [-0.05, 0) is 25.0 Å². The monoisotopic (exact) mass is 347 g/mol. The number of aryl methyl sites for hydroxylation is 2. The lowest BCUT2D eigenvalue weighted by Crippen LogP contribution is -2.15. The average molecular weight is 347 g/mol. The number of carbonyl (C=O) groups excluding carboxylic acids is 1. The normalized spacial score (nSPS) is 11.0. The van der Waals surface area contributed by atoms with Crippen molar-refractivity contribution in [3.63, 3.8) is 0 Å². The van der Waals surface area contributed by atoms with Crippen molar-refractivity contribution in [2.75, 3.05) is 11.1 Å². The summed E-state index contributed by atoms with van der Waals surface area (Å²) in [5, 5.41) is 3.32. The van der Waals surface area contributed by atoms with Crippen LogP contribution in [-0.4, -0.2) is 21.6 Å². The highest BCUT2D eigenvalue weighted by Crippen LogP contribution is 2.23. The molecule has 0 saturated carbocycles. The third-order valence-corrected chi connectivity index (χ3v) is 4.46. The van der Waals surface area contributed by atoms with Gasteiger partial charge in [0.1, 0.15) is 0 Å². The fourth-order valence-corrected chi connectivity index (χ4v) is 3.06. The summed E-state index contributed by atoms with van der Waals surface area (Å²) in [5.41, 5.74) is 3.50. The van der Waals surface area contributed by atoms with Gasteiger partial charge in [-0.15, -0.1) is 0 Å². The highest BCUT2D eigenvalue weighted by atomic mass is 32.2. The number of amides is 1. The molecule has 4 nitrogen and oxygen atoms in total. The lowest BCUT2D eigenvalue weighted by Gasteiger charge is -2.10. The molecule has 3 rings (SSSR count). The summed E-state index contributed by atoms with van der Waals surface area (Å²) in [7, 11) is 0. The summed E-state index contributed by atoms with van der Waals surface area (Å²) >= 11 is 1.17. The number of nitrogens with one attached hydrogen (secondary N) is 2. The van der Waals surface area contributed by atoms with Gasteiger partial charge < -0.3 is 10.3 Å². The van der Waals surface area contributed by atoms with E-state index in [4.69, 9.17) is 0 Å². The Morgan fingerprint density at radius 3 is 2.58 bits per heavy atom. The fourth-order valence-electron chi connectivity index (χ4n) is 2.37. The van der Waals surface area contributed by atoms with Gasteiger partial charge in [0.25, 0.3) is 0 Å². The van der Waals surface area contributed by atoms with Crippen molar-refractivity contribution in [3.8, 4) is 0 Å². The van der Waals surface area contributed by atoms with E-state index >= 15 is 0 Å². The van der Waals surface area contributed by atoms with Crippen LogP contribution in [0.3, 0.4) is 0 Å². The molecule has 0 fully saturated rings. The zero-order valence-corrected chi connectivity index (χ0v) is 13.9. The summed E-state index contributed by atoms with van der Waals surface area (Å²) in [6.45, 7) is 3.86. The van der Waals surface area contributed by atoms with Crippen LogP contribution < -0.4 is 5.32 Å². The minimum absolute atomic E-state index is 0.137. The summed E-state index contributed by atoms with van der Waals surface area (Å²) in [6, 6.07) is 7.87. The fraction of sp³-hybridized carbons (Fsp3) is 0.176. The van der Waals surface area contributed by atoms with Gasteiger partial charge in [-0.3, -0.25) is 4.79 Å². The second-order valence-corrected chi connectivity index (χ2v) is 6.39. The van der Waals surface area contributed by atoms with Crippen LogP contribution in [0.4, 0.5) is 14.5 Å². The standard InChI is InChI=1S/C17H15F2N3OS/c1-9-4-3-5-10(2)16(9)22-15(23)8-24-17-20-13-6-11(18)12(19)7-14(13)21-17/h3-7H,8H2,1-2H3,(H,20,21)(H,22,23). The van der Waals surface area contributed by atoms with Gasteiger partial charge in [0.05, 0.1) is 16.8 Å². The van der Waals surface area contributed by atoms with Crippen molar-refractivity contribution in [2.45, 2.75) is 19.0 Å². The number of fused-ring (bicyclic) bond motifs is 1. The minimum Gasteiger partial charge on any atom is -0.333 e. The molecule has 124 valence electrons. The number of hydrogen-bond acceptors (Lipinski definition) is 3. The van der Waals surface area contributed by atoms with E-state index in [1.807, 2.05) is 32.0 Å². The number of halogens is 2. The van der Waals surface area contributed by atoms with Crippen LogP contribution in [0.5, 0.6) is 0 Å². The molecule has 24 heavy (non-hydrogen) atoms. The lowest BCUT2D eigenvalue weighted by atomic mass is 10.1. The number of rotatable bonds is 4. The van der Waals surface area contributed by atoms with Gasteiger partial charge in [0, 0.05) is 17.8 Å². The van der Waals surface area contributed by atoms with Crippen LogP contribution >= 0.6 is 11.8 Å². The van der Waals surface area contributed by atoms with Crippen molar-refractivity contribution < 1.29 is 13.6 Å². The molecule has 0 aliphatic carbocycles. The molecule has 2 aromatic carbocycles. The molecule has 0 aliphatic rings. The SMILES string of the molecule is Cc1cccc(C)c1NC(=O)CSc1nc2cc(F)c(F)cc2[nH]1. The molecule has 0 aliphatic heterocycles. The first kappa shape index (κ1) is 16.4. The van der Waals surface area contributed by atoms with Crippen molar-refractivity contribution in [3.05, 3.63) is 53.1 Å². The predicted molar refractivity (Wildman–Crippen MR) is 91.3 cm³/mol. The molecule has 3 aromatic rings. The Kier molecular flexibility index (Phi) is 4.53. The molecule has 0 atom stereocenters. The Morgan fingerprint density at radius 1 is 1.21 bits per heavy atom. The number of H-pyrrole nitrogens is 1. The maximum Gasteiger partial charge on any atom is 0.234 e. The van der Waals surface area contributed by atoms with Crippen molar-refractivity contribution in [1.82, 2.24) is 9.97 Å². The van der Waals surface area contributed by atoms with E-state index in [1.54, 1.807) is 0 Å². The van der Waals surface area contributed by atoms with Gasteiger partial charge in [-0.2, -0.15) is 0 Å². The summed E-state index contributed by atoms with van der Waals surface area (Å²) in [5.74, 6) is -1.91. The molecule has 1 amide bonds. The van der Waals surface area contributed by atoms with Gasteiger partial charge in [-0.1, -0.05) is 30.0 Å². The number of thioether (sulfide) groups is 1. The molecule has 0 radical (unpaired) electrons. The van der Waals surface area contributed by atoms with Crippen LogP contribution in [0, 0.1) is 25.5 Å². The van der Waals surface area contributed by atoms with Gasteiger partial charge >= 0.3 is 0 Å². The molecule has 0 bridgehead atoms. The van der Waals surface area contributed by atoms with E-state index in [0.717, 1.165) is 28.9 Å². The van der Waals surface area contributed by atoms with E-state index in [9.17, 15) is 13.6 Å². The van der Waals surface area contributed by atoms with Gasteiger partial charge in [0.15, 0.2) is 16.8 Å². The van der Waals surface area contributed by atoms with Crippen molar-refractivity contribution in [1.29, 1.82) is 0 Å². The minimum atomic E-state index is -0.946. The van der Waals surface area contributed by atoms with Crippen molar-refractivity contribution >= 4 is 34.4 Å². The smallest absolute Gasteiger partial charge is 0.234 e. The lowest BCUT2D eigenvalue weighted by molar-refractivity contribution is -0.113.